The maximum atomic E-state index is 12.4. The standard InChI is InChI=1S/C26H24ClNO4/c1-15-22(24(25(29)30)32-26(2,3)4)23(16-7-10-18(27)11-8-16)19-14-17(9-12-20(19)28-15)21-6-5-13-31-21/h5-14,24H,1-4H3,(H,29,30). The molecule has 0 aliphatic carbocycles. The molecule has 164 valence electrons. The number of ether oxygens (including phenoxy) is 1. The van der Waals surface area contributed by atoms with E-state index >= 15 is 0 Å². The minimum Gasteiger partial charge on any atom is -0.479 e. The van der Waals surface area contributed by atoms with E-state index in [0.29, 0.717) is 16.3 Å². The quantitative estimate of drug-likeness (QED) is 0.353. The molecule has 0 aliphatic heterocycles. The Hall–Kier alpha value is -3.15. The first kappa shape index (κ1) is 22.1. The van der Waals surface area contributed by atoms with Crippen LogP contribution < -0.4 is 0 Å². The minimum absolute atomic E-state index is 0.527. The summed E-state index contributed by atoms with van der Waals surface area (Å²) in [5.74, 6) is -0.349. The molecule has 1 N–H and O–H groups in total. The number of rotatable bonds is 5. The van der Waals surface area contributed by atoms with Gasteiger partial charge in [0.15, 0.2) is 6.10 Å². The maximum absolute atomic E-state index is 12.4. The maximum Gasteiger partial charge on any atom is 0.337 e. The Morgan fingerprint density at radius 1 is 1.09 bits per heavy atom. The molecule has 6 heteroatoms. The molecule has 0 radical (unpaired) electrons. The Morgan fingerprint density at radius 3 is 2.38 bits per heavy atom. The van der Waals surface area contributed by atoms with Gasteiger partial charge in [-0.3, -0.25) is 4.98 Å². The highest BCUT2D eigenvalue weighted by Crippen LogP contribution is 2.40. The van der Waals surface area contributed by atoms with Gasteiger partial charge in [0.05, 0.1) is 17.4 Å². The van der Waals surface area contributed by atoms with Crippen molar-refractivity contribution < 1.29 is 19.1 Å². The Kier molecular flexibility index (Phi) is 5.80. The van der Waals surface area contributed by atoms with Gasteiger partial charge in [-0.15, -0.1) is 0 Å². The summed E-state index contributed by atoms with van der Waals surface area (Å²) in [5, 5.41) is 11.5. The number of aliphatic carboxylic acids is 1. The van der Waals surface area contributed by atoms with Gasteiger partial charge in [-0.2, -0.15) is 0 Å². The number of nitrogens with zero attached hydrogens (tertiary/aromatic N) is 1. The van der Waals surface area contributed by atoms with Crippen LogP contribution in [0.5, 0.6) is 0 Å². The summed E-state index contributed by atoms with van der Waals surface area (Å²) in [7, 11) is 0. The average molecular weight is 450 g/mol. The number of fused-ring (bicyclic) bond motifs is 1. The topological polar surface area (TPSA) is 72.6 Å². The molecular formula is C26H24ClNO4. The van der Waals surface area contributed by atoms with Crippen molar-refractivity contribution >= 4 is 28.5 Å². The Bertz CT molecular complexity index is 1270. The van der Waals surface area contributed by atoms with E-state index in [1.807, 2.05) is 70.2 Å². The molecule has 5 nitrogen and oxygen atoms in total. The Labute approximate surface area is 191 Å². The van der Waals surface area contributed by atoms with Crippen LogP contribution in [0.4, 0.5) is 0 Å². The molecule has 2 heterocycles. The van der Waals surface area contributed by atoms with Crippen molar-refractivity contribution in [1.82, 2.24) is 4.98 Å². The van der Waals surface area contributed by atoms with E-state index < -0.39 is 17.7 Å². The zero-order valence-electron chi connectivity index (χ0n) is 18.3. The zero-order chi connectivity index (χ0) is 23.0. The number of aryl methyl sites for hydroxylation is 1. The molecule has 32 heavy (non-hydrogen) atoms. The lowest BCUT2D eigenvalue weighted by Crippen LogP contribution is -2.28. The molecule has 1 unspecified atom stereocenters. The van der Waals surface area contributed by atoms with Crippen molar-refractivity contribution in [1.29, 1.82) is 0 Å². The number of halogens is 1. The third-order valence-electron chi connectivity index (χ3n) is 5.11. The second-order valence-corrected chi connectivity index (χ2v) is 9.09. The van der Waals surface area contributed by atoms with E-state index in [4.69, 9.17) is 25.7 Å². The Balaban J connectivity index is 2.07. The molecule has 0 fully saturated rings. The number of hydrogen-bond donors (Lipinski definition) is 1. The molecule has 0 saturated carbocycles. The Morgan fingerprint density at radius 2 is 1.78 bits per heavy atom. The van der Waals surface area contributed by atoms with Crippen molar-refractivity contribution in [2.75, 3.05) is 0 Å². The summed E-state index contributed by atoms with van der Waals surface area (Å²) in [5.41, 5.74) is 3.68. The fourth-order valence-corrected chi connectivity index (χ4v) is 3.96. The number of carbonyl (C=O) groups is 1. The summed E-state index contributed by atoms with van der Waals surface area (Å²) < 4.78 is 11.6. The van der Waals surface area contributed by atoms with Gasteiger partial charge in [0.2, 0.25) is 0 Å². The molecular weight excluding hydrogens is 426 g/mol. The predicted octanol–water partition coefficient (Wildman–Crippen LogP) is 7.06. The second-order valence-electron chi connectivity index (χ2n) is 8.65. The van der Waals surface area contributed by atoms with Crippen molar-refractivity contribution in [3.05, 3.63) is 77.1 Å². The molecule has 2 aromatic heterocycles. The van der Waals surface area contributed by atoms with Crippen LogP contribution in [0.2, 0.25) is 5.02 Å². The van der Waals surface area contributed by atoms with E-state index in [1.165, 1.54) is 0 Å². The van der Waals surface area contributed by atoms with Crippen LogP contribution in [0.1, 0.15) is 38.1 Å². The van der Waals surface area contributed by atoms with Gasteiger partial charge in [-0.1, -0.05) is 23.7 Å². The number of carboxylic acid groups (broad SMARTS) is 1. The third kappa shape index (κ3) is 4.40. The summed E-state index contributed by atoms with van der Waals surface area (Å²) in [6, 6.07) is 16.9. The molecule has 0 amide bonds. The average Bonchev–Trinajstić information content (AvgIpc) is 3.26. The summed E-state index contributed by atoms with van der Waals surface area (Å²) in [4.78, 5) is 17.1. The number of carboxylic acids is 1. The van der Waals surface area contributed by atoms with Crippen LogP contribution in [-0.2, 0) is 9.53 Å². The molecule has 0 bridgehead atoms. The lowest BCUT2D eigenvalue weighted by molar-refractivity contribution is -0.160. The van der Waals surface area contributed by atoms with Crippen LogP contribution in [0, 0.1) is 6.92 Å². The lowest BCUT2D eigenvalue weighted by Gasteiger charge is -2.28. The number of furan rings is 1. The van der Waals surface area contributed by atoms with E-state index in [1.54, 1.807) is 18.4 Å². The van der Waals surface area contributed by atoms with Crippen LogP contribution in [0.15, 0.2) is 65.3 Å². The number of hydrogen-bond acceptors (Lipinski definition) is 4. The van der Waals surface area contributed by atoms with Crippen molar-refractivity contribution in [3.8, 4) is 22.5 Å². The molecule has 2 aromatic carbocycles. The fraction of sp³-hybridized carbons (Fsp3) is 0.231. The van der Waals surface area contributed by atoms with Crippen LogP contribution in [0.25, 0.3) is 33.4 Å². The molecule has 4 rings (SSSR count). The van der Waals surface area contributed by atoms with Crippen LogP contribution in [-0.4, -0.2) is 21.7 Å². The van der Waals surface area contributed by atoms with Gasteiger partial charge in [0.25, 0.3) is 0 Å². The number of pyridine rings is 1. The molecule has 4 aromatic rings. The lowest BCUT2D eigenvalue weighted by atomic mass is 9.90. The van der Waals surface area contributed by atoms with Gasteiger partial charge in [-0.05, 0) is 81.3 Å². The van der Waals surface area contributed by atoms with E-state index in [0.717, 1.165) is 33.4 Å². The predicted molar refractivity (Wildman–Crippen MR) is 126 cm³/mol. The van der Waals surface area contributed by atoms with E-state index in [9.17, 15) is 9.90 Å². The van der Waals surface area contributed by atoms with Crippen LogP contribution in [0.3, 0.4) is 0 Å². The summed E-state index contributed by atoms with van der Waals surface area (Å²) in [6.07, 6.45) is 0.431. The highest BCUT2D eigenvalue weighted by molar-refractivity contribution is 6.30. The molecule has 0 spiro atoms. The van der Waals surface area contributed by atoms with Gasteiger partial charge in [0, 0.05) is 27.2 Å². The van der Waals surface area contributed by atoms with Gasteiger partial charge in [0.1, 0.15) is 5.76 Å². The molecule has 0 saturated heterocycles. The summed E-state index contributed by atoms with van der Waals surface area (Å²) >= 11 is 6.14. The van der Waals surface area contributed by atoms with Crippen molar-refractivity contribution in [2.24, 2.45) is 0 Å². The normalized spacial score (nSPS) is 12.8. The van der Waals surface area contributed by atoms with E-state index in [2.05, 4.69) is 0 Å². The molecule has 1 atom stereocenters. The third-order valence-corrected chi connectivity index (χ3v) is 5.36. The fourth-order valence-electron chi connectivity index (χ4n) is 3.83. The first-order valence-electron chi connectivity index (χ1n) is 10.3. The second kappa shape index (κ2) is 8.41. The van der Waals surface area contributed by atoms with Gasteiger partial charge >= 0.3 is 5.97 Å². The minimum atomic E-state index is -1.19. The SMILES string of the molecule is Cc1nc2ccc(-c3ccco3)cc2c(-c2ccc(Cl)cc2)c1C(OC(C)(C)C)C(=O)O. The monoisotopic (exact) mass is 449 g/mol. The van der Waals surface area contributed by atoms with Crippen molar-refractivity contribution in [3.63, 3.8) is 0 Å². The van der Waals surface area contributed by atoms with E-state index in [-0.39, 0.29) is 0 Å². The highest BCUT2D eigenvalue weighted by Gasteiger charge is 2.32. The zero-order valence-corrected chi connectivity index (χ0v) is 19.1. The number of aromatic nitrogens is 1. The largest absolute Gasteiger partial charge is 0.479 e. The summed E-state index contributed by atoms with van der Waals surface area (Å²) in [6.45, 7) is 7.33. The first-order valence-corrected chi connectivity index (χ1v) is 10.7. The van der Waals surface area contributed by atoms with Crippen LogP contribution >= 0.6 is 11.6 Å². The first-order chi connectivity index (χ1) is 15.1. The molecule has 0 aliphatic rings. The highest BCUT2D eigenvalue weighted by atomic mass is 35.5. The van der Waals surface area contributed by atoms with Gasteiger partial charge < -0.3 is 14.3 Å². The van der Waals surface area contributed by atoms with Crippen molar-refractivity contribution in [2.45, 2.75) is 39.4 Å². The smallest absolute Gasteiger partial charge is 0.337 e. The number of benzene rings is 2. The van der Waals surface area contributed by atoms with Gasteiger partial charge in [-0.25, -0.2) is 4.79 Å².